The van der Waals surface area contributed by atoms with Crippen molar-refractivity contribution in [2.75, 3.05) is 43.9 Å². The van der Waals surface area contributed by atoms with Crippen LogP contribution in [0.4, 0.5) is 11.5 Å². The SMILES string of the molecule is COc1cccc(C(=O)Cn2c(=O)c3c(c(N)c(N4CCNCC4)n3CC=C(C)C)n(C)c2=O)c1. The van der Waals surface area contributed by atoms with Crippen LogP contribution in [0.25, 0.3) is 11.0 Å². The number of rotatable bonds is 7. The zero-order valence-electron chi connectivity index (χ0n) is 20.6. The second-order valence-electron chi connectivity index (χ2n) is 8.95. The maximum atomic E-state index is 13.8. The van der Waals surface area contributed by atoms with Gasteiger partial charge in [0.25, 0.3) is 5.56 Å². The summed E-state index contributed by atoms with van der Waals surface area (Å²) in [4.78, 5) is 42.2. The topological polar surface area (TPSA) is 117 Å². The van der Waals surface area contributed by atoms with E-state index in [0.717, 1.165) is 42.1 Å². The van der Waals surface area contributed by atoms with Gasteiger partial charge in [0.2, 0.25) is 0 Å². The van der Waals surface area contributed by atoms with E-state index in [1.807, 2.05) is 24.5 Å². The molecule has 0 bridgehead atoms. The lowest BCUT2D eigenvalue weighted by molar-refractivity contribution is 0.0968. The van der Waals surface area contributed by atoms with Gasteiger partial charge in [-0.05, 0) is 26.0 Å². The van der Waals surface area contributed by atoms with Crippen LogP contribution in [0.1, 0.15) is 24.2 Å². The van der Waals surface area contributed by atoms with Crippen molar-refractivity contribution in [2.24, 2.45) is 7.05 Å². The van der Waals surface area contributed by atoms with Gasteiger partial charge >= 0.3 is 5.69 Å². The average molecular weight is 481 g/mol. The van der Waals surface area contributed by atoms with Gasteiger partial charge in [0.15, 0.2) is 5.78 Å². The molecule has 2 aromatic heterocycles. The maximum Gasteiger partial charge on any atom is 0.331 e. The number of nitrogens with zero attached hydrogens (tertiary/aromatic N) is 4. The fourth-order valence-electron chi connectivity index (χ4n) is 4.50. The van der Waals surface area contributed by atoms with Crippen molar-refractivity contribution < 1.29 is 9.53 Å². The molecule has 0 saturated carbocycles. The van der Waals surface area contributed by atoms with Gasteiger partial charge in [-0.25, -0.2) is 4.79 Å². The minimum Gasteiger partial charge on any atom is -0.497 e. The van der Waals surface area contributed by atoms with Crippen molar-refractivity contribution in [3.05, 3.63) is 62.3 Å². The molecule has 0 unspecified atom stereocenters. The molecule has 3 heterocycles. The van der Waals surface area contributed by atoms with Gasteiger partial charge in [-0.1, -0.05) is 23.8 Å². The highest BCUT2D eigenvalue weighted by Gasteiger charge is 2.27. The summed E-state index contributed by atoms with van der Waals surface area (Å²) in [7, 11) is 3.10. The Balaban J connectivity index is 1.91. The van der Waals surface area contributed by atoms with E-state index >= 15 is 0 Å². The largest absolute Gasteiger partial charge is 0.497 e. The molecule has 1 aromatic carbocycles. The van der Waals surface area contributed by atoms with Crippen LogP contribution in [0.5, 0.6) is 5.75 Å². The summed E-state index contributed by atoms with van der Waals surface area (Å²) in [6.45, 7) is 7.06. The van der Waals surface area contributed by atoms with Gasteiger partial charge < -0.3 is 25.3 Å². The number of aryl methyl sites for hydroxylation is 1. The first-order valence-electron chi connectivity index (χ1n) is 11.6. The predicted molar refractivity (Wildman–Crippen MR) is 138 cm³/mol. The number of fused-ring (bicyclic) bond motifs is 1. The Morgan fingerprint density at radius 2 is 1.86 bits per heavy atom. The van der Waals surface area contributed by atoms with E-state index in [-0.39, 0.29) is 12.3 Å². The van der Waals surface area contributed by atoms with Crippen LogP contribution in [0.15, 0.2) is 45.5 Å². The summed E-state index contributed by atoms with van der Waals surface area (Å²) in [5.41, 5.74) is 8.03. The Hall–Kier alpha value is -3.79. The number of anilines is 2. The number of methoxy groups -OCH3 is 1. The van der Waals surface area contributed by atoms with Crippen molar-refractivity contribution in [1.82, 2.24) is 19.0 Å². The van der Waals surface area contributed by atoms with Crippen molar-refractivity contribution in [3.63, 3.8) is 0 Å². The van der Waals surface area contributed by atoms with Gasteiger partial charge in [0, 0.05) is 45.3 Å². The molecule has 10 heteroatoms. The summed E-state index contributed by atoms with van der Waals surface area (Å²) in [5, 5.41) is 3.32. The molecule has 35 heavy (non-hydrogen) atoms. The summed E-state index contributed by atoms with van der Waals surface area (Å²) < 4.78 is 9.43. The van der Waals surface area contributed by atoms with Gasteiger partial charge in [-0.3, -0.25) is 18.7 Å². The number of ketones is 1. The average Bonchev–Trinajstić information content (AvgIpc) is 3.16. The van der Waals surface area contributed by atoms with Gasteiger partial charge in [0.1, 0.15) is 22.6 Å². The molecule has 10 nitrogen and oxygen atoms in total. The van der Waals surface area contributed by atoms with E-state index in [9.17, 15) is 14.4 Å². The van der Waals surface area contributed by atoms with Crippen molar-refractivity contribution >= 4 is 28.3 Å². The third-order valence-corrected chi connectivity index (χ3v) is 6.34. The minimum atomic E-state index is -0.586. The number of carbonyl (C=O) groups excluding carboxylic acids is 1. The second-order valence-corrected chi connectivity index (χ2v) is 8.95. The van der Waals surface area contributed by atoms with Crippen LogP contribution < -0.4 is 31.9 Å². The molecule has 0 atom stereocenters. The van der Waals surface area contributed by atoms with E-state index in [1.54, 1.807) is 31.3 Å². The smallest absolute Gasteiger partial charge is 0.331 e. The minimum absolute atomic E-state index is 0.314. The number of hydrogen-bond acceptors (Lipinski definition) is 7. The van der Waals surface area contributed by atoms with Crippen LogP contribution in [0.3, 0.4) is 0 Å². The summed E-state index contributed by atoms with van der Waals surface area (Å²) >= 11 is 0. The molecule has 0 spiro atoms. The van der Waals surface area contributed by atoms with Gasteiger partial charge in [-0.15, -0.1) is 0 Å². The Kier molecular flexibility index (Phi) is 6.83. The molecule has 1 aliphatic heterocycles. The highest BCUT2D eigenvalue weighted by Crippen LogP contribution is 2.33. The number of nitrogens with one attached hydrogen (secondary N) is 1. The third kappa shape index (κ3) is 4.49. The molecular weight excluding hydrogens is 448 g/mol. The molecular formula is C25H32N6O4. The normalized spacial score (nSPS) is 13.8. The van der Waals surface area contributed by atoms with Crippen molar-refractivity contribution in [2.45, 2.75) is 26.9 Å². The zero-order chi connectivity index (χ0) is 25.3. The third-order valence-electron chi connectivity index (χ3n) is 6.34. The Morgan fingerprint density at radius 1 is 1.14 bits per heavy atom. The first-order chi connectivity index (χ1) is 16.7. The quantitative estimate of drug-likeness (QED) is 0.387. The number of aromatic nitrogens is 3. The van der Waals surface area contributed by atoms with E-state index in [2.05, 4.69) is 10.2 Å². The highest BCUT2D eigenvalue weighted by molar-refractivity contribution is 5.98. The molecule has 186 valence electrons. The molecule has 1 aliphatic rings. The number of hydrogen-bond donors (Lipinski definition) is 2. The lowest BCUT2D eigenvalue weighted by Crippen LogP contribution is -2.44. The Morgan fingerprint density at radius 3 is 2.51 bits per heavy atom. The molecule has 0 amide bonds. The van der Waals surface area contributed by atoms with E-state index < -0.39 is 11.2 Å². The Labute approximate surface area is 203 Å². The molecule has 3 N–H and O–H groups in total. The maximum absolute atomic E-state index is 13.8. The first-order valence-corrected chi connectivity index (χ1v) is 11.6. The lowest BCUT2D eigenvalue weighted by atomic mass is 10.1. The lowest BCUT2D eigenvalue weighted by Gasteiger charge is -2.30. The number of allylic oxidation sites excluding steroid dienone is 2. The number of carbonyl (C=O) groups is 1. The van der Waals surface area contributed by atoms with E-state index in [4.69, 9.17) is 10.5 Å². The molecule has 3 aromatic rings. The number of nitrogen functional groups attached to an aromatic ring is 1. The number of nitrogens with two attached hydrogens (primary N) is 1. The van der Waals surface area contributed by atoms with Gasteiger partial charge in [0.05, 0.1) is 19.3 Å². The van der Waals surface area contributed by atoms with Crippen LogP contribution in [0, 0.1) is 0 Å². The fourth-order valence-corrected chi connectivity index (χ4v) is 4.50. The zero-order valence-corrected chi connectivity index (χ0v) is 20.6. The van der Waals surface area contributed by atoms with E-state index in [0.29, 0.717) is 34.6 Å². The van der Waals surface area contributed by atoms with Crippen LogP contribution in [0.2, 0.25) is 0 Å². The molecule has 0 radical (unpaired) electrons. The number of piperazine rings is 1. The molecule has 1 fully saturated rings. The predicted octanol–water partition coefficient (Wildman–Crippen LogP) is 1.35. The number of benzene rings is 1. The van der Waals surface area contributed by atoms with Crippen LogP contribution in [-0.4, -0.2) is 52.8 Å². The van der Waals surface area contributed by atoms with Crippen LogP contribution in [-0.2, 0) is 20.1 Å². The standard InChI is InChI=1S/C25H32N6O4/c1-16(2)8-11-30-22-21(20(26)23(30)29-12-9-27-10-13-29)28(3)25(34)31(24(22)33)15-19(32)17-6-5-7-18(14-17)35-4/h5-8,14,27H,9-13,15,26H2,1-4H3. The summed E-state index contributed by atoms with van der Waals surface area (Å²) in [6.07, 6.45) is 2.01. The molecule has 1 saturated heterocycles. The van der Waals surface area contributed by atoms with Crippen LogP contribution >= 0.6 is 0 Å². The fraction of sp³-hybridized carbons (Fsp3) is 0.400. The Bertz CT molecular complexity index is 1420. The number of ether oxygens (including phenoxy) is 1. The highest BCUT2D eigenvalue weighted by atomic mass is 16.5. The van der Waals surface area contributed by atoms with Gasteiger partial charge in [-0.2, -0.15) is 0 Å². The first kappa shape index (κ1) is 24.3. The van der Waals surface area contributed by atoms with Crippen molar-refractivity contribution in [3.8, 4) is 5.75 Å². The molecule has 0 aliphatic carbocycles. The number of Topliss-reactive ketones (excluding diaryl/α,β-unsaturated/α-hetero) is 1. The monoisotopic (exact) mass is 480 g/mol. The molecule has 4 rings (SSSR count). The second kappa shape index (κ2) is 9.83. The summed E-state index contributed by atoms with van der Waals surface area (Å²) in [5.74, 6) is 0.888. The summed E-state index contributed by atoms with van der Waals surface area (Å²) in [6, 6.07) is 6.65. The van der Waals surface area contributed by atoms with E-state index in [1.165, 1.54) is 11.7 Å². The van der Waals surface area contributed by atoms with Crippen molar-refractivity contribution in [1.29, 1.82) is 0 Å².